The molecule has 3 aromatic carbocycles. The average Bonchev–Trinajstić information content (AvgIpc) is 3.15. The number of hydrogen-bond donors (Lipinski definition) is 0. The molecule has 0 saturated heterocycles. The van der Waals surface area contributed by atoms with E-state index in [1.54, 1.807) is 37.5 Å². The Morgan fingerprint density at radius 2 is 1.77 bits per heavy atom. The molecule has 0 unspecified atom stereocenters. The van der Waals surface area contributed by atoms with Crippen molar-refractivity contribution in [3.63, 3.8) is 0 Å². The molecule has 0 atom stereocenters. The first-order chi connectivity index (χ1) is 15.0. The SMILES string of the molecule is COc1cc(C=C2N=C(c3ccccc3)OC2=O)ccc1OCc1ccc(Cl)c(Cl)c1. The van der Waals surface area contributed by atoms with E-state index in [9.17, 15) is 4.79 Å². The lowest BCUT2D eigenvalue weighted by Gasteiger charge is -2.12. The fourth-order valence-corrected chi connectivity index (χ4v) is 3.28. The van der Waals surface area contributed by atoms with Crippen LogP contribution >= 0.6 is 23.2 Å². The maximum absolute atomic E-state index is 12.2. The van der Waals surface area contributed by atoms with E-state index >= 15 is 0 Å². The number of cyclic esters (lactones) is 1. The summed E-state index contributed by atoms with van der Waals surface area (Å²) in [5.74, 6) is 0.856. The number of ether oxygens (including phenoxy) is 3. The summed E-state index contributed by atoms with van der Waals surface area (Å²) in [5.41, 5.74) is 2.55. The first kappa shape index (κ1) is 21.0. The molecule has 0 aromatic heterocycles. The summed E-state index contributed by atoms with van der Waals surface area (Å²) < 4.78 is 16.6. The zero-order valence-electron chi connectivity index (χ0n) is 16.5. The van der Waals surface area contributed by atoms with Crippen LogP contribution in [-0.4, -0.2) is 19.0 Å². The monoisotopic (exact) mass is 453 g/mol. The van der Waals surface area contributed by atoms with Crippen molar-refractivity contribution in [3.05, 3.63) is 99.2 Å². The van der Waals surface area contributed by atoms with Crippen LogP contribution < -0.4 is 9.47 Å². The normalized spacial score (nSPS) is 14.4. The quantitative estimate of drug-likeness (QED) is 0.343. The van der Waals surface area contributed by atoms with E-state index in [1.165, 1.54) is 0 Å². The molecule has 1 heterocycles. The minimum Gasteiger partial charge on any atom is -0.493 e. The summed E-state index contributed by atoms with van der Waals surface area (Å²) in [5, 5.41) is 0.958. The van der Waals surface area contributed by atoms with Gasteiger partial charge in [0, 0.05) is 5.56 Å². The van der Waals surface area contributed by atoms with E-state index in [0.29, 0.717) is 28.2 Å². The van der Waals surface area contributed by atoms with Crippen molar-refractivity contribution < 1.29 is 19.0 Å². The lowest BCUT2D eigenvalue weighted by Crippen LogP contribution is -2.04. The van der Waals surface area contributed by atoms with E-state index in [2.05, 4.69) is 4.99 Å². The number of nitrogens with zero attached hydrogens (tertiary/aromatic N) is 1. The molecule has 0 radical (unpaired) electrons. The van der Waals surface area contributed by atoms with E-state index < -0.39 is 5.97 Å². The highest BCUT2D eigenvalue weighted by Crippen LogP contribution is 2.31. The molecule has 0 N–H and O–H groups in total. The van der Waals surface area contributed by atoms with Crippen LogP contribution in [0.15, 0.2) is 77.4 Å². The number of halogens is 2. The molecule has 5 nitrogen and oxygen atoms in total. The highest BCUT2D eigenvalue weighted by Gasteiger charge is 2.24. The molecule has 156 valence electrons. The molecular weight excluding hydrogens is 437 g/mol. The van der Waals surface area contributed by atoms with Crippen LogP contribution in [0.3, 0.4) is 0 Å². The average molecular weight is 454 g/mol. The number of carbonyl (C=O) groups excluding carboxylic acids is 1. The molecule has 7 heteroatoms. The van der Waals surface area contributed by atoms with Crippen LogP contribution in [0.1, 0.15) is 16.7 Å². The van der Waals surface area contributed by atoms with Gasteiger partial charge in [0.2, 0.25) is 5.90 Å². The Morgan fingerprint density at radius 3 is 2.52 bits per heavy atom. The van der Waals surface area contributed by atoms with Gasteiger partial charge in [0.05, 0.1) is 17.2 Å². The van der Waals surface area contributed by atoms with Crippen molar-refractivity contribution in [2.75, 3.05) is 7.11 Å². The van der Waals surface area contributed by atoms with Crippen LogP contribution in [-0.2, 0) is 16.1 Å². The molecule has 0 spiro atoms. The summed E-state index contributed by atoms with van der Waals surface area (Å²) in [4.78, 5) is 16.5. The summed E-state index contributed by atoms with van der Waals surface area (Å²) in [7, 11) is 1.55. The maximum Gasteiger partial charge on any atom is 0.363 e. The van der Waals surface area contributed by atoms with Crippen molar-refractivity contribution in [1.29, 1.82) is 0 Å². The Bertz CT molecular complexity index is 1190. The van der Waals surface area contributed by atoms with Gasteiger partial charge in [-0.3, -0.25) is 0 Å². The summed E-state index contributed by atoms with van der Waals surface area (Å²) >= 11 is 12.0. The highest BCUT2D eigenvalue weighted by atomic mass is 35.5. The van der Waals surface area contributed by atoms with E-state index in [4.69, 9.17) is 37.4 Å². The van der Waals surface area contributed by atoms with Crippen LogP contribution in [0.2, 0.25) is 10.0 Å². The Hall–Kier alpha value is -3.28. The zero-order chi connectivity index (χ0) is 21.8. The number of aliphatic imine (C=N–C) groups is 1. The summed E-state index contributed by atoms with van der Waals surface area (Å²) in [6.07, 6.45) is 1.64. The largest absolute Gasteiger partial charge is 0.493 e. The first-order valence-electron chi connectivity index (χ1n) is 9.36. The van der Waals surface area contributed by atoms with Gasteiger partial charge < -0.3 is 14.2 Å². The summed E-state index contributed by atoms with van der Waals surface area (Å²) in [6.45, 7) is 0.296. The first-order valence-corrected chi connectivity index (χ1v) is 10.1. The van der Waals surface area contributed by atoms with Gasteiger partial charge in [0.15, 0.2) is 17.2 Å². The fraction of sp³-hybridized carbons (Fsp3) is 0.0833. The molecule has 1 aliphatic heterocycles. The molecule has 1 aliphatic rings. The number of rotatable bonds is 6. The predicted octanol–water partition coefficient (Wildman–Crippen LogP) is 5.93. The third-order valence-electron chi connectivity index (χ3n) is 4.51. The van der Waals surface area contributed by atoms with Crippen molar-refractivity contribution in [1.82, 2.24) is 0 Å². The van der Waals surface area contributed by atoms with Gasteiger partial charge in [-0.2, -0.15) is 0 Å². The standard InChI is InChI=1S/C24H17Cl2NO4/c1-29-22-13-15(8-10-21(22)30-14-16-7-9-18(25)19(26)11-16)12-20-24(28)31-23(27-20)17-5-3-2-4-6-17/h2-13H,14H2,1H3. The van der Waals surface area contributed by atoms with E-state index in [-0.39, 0.29) is 11.6 Å². The van der Waals surface area contributed by atoms with E-state index in [1.807, 2.05) is 42.5 Å². The minimum atomic E-state index is -0.502. The van der Waals surface area contributed by atoms with Crippen molar-refractivity contribution in [3.8, 4) is 11.5 Å². The van der Waals surface area contributed by atoms with Gasteiger partial charge in [0.25, 0.3) is 0 Å². The Kier molecular flexibility index (Phi) is 6.26. The number of hydrogen-bond acceptors (Lipinski definition) is 5. The lowest BCUT2D eigenvalue weighted by molar-refractivity contribution is -0.129. The molecule has 0 aliphatic carbocycles. The Morgan fingerprint density at radius 1 is 0.968 bits per heavy atom. The molecule has 0 amide bonds. The Balaban J connectivity index is 1.53. The highest BCUT2D eigenvalue weighted by molar-refractivity contribution is 6.42. The minimum absolute atomic E-state index is 0.213. The fourth-order valence-electron chi connectivity index (χ4n) is 2.95. The van der Waals surface area contributed by atoms with Crippen molar-refractivity contribution in [2.45, 2.75) is 6.61 Å². The van der Waals surface area contributed by atoms with Gasteiger partial charge in [-0.25, -0.2) is 9.79 Å². The summed E-state index contributed by atoms with van der Waals surface area (Å²) in [6, 6.07) is 19.9. The number of esters is 1. The molecule has 3 aromatic rings. The van der Waals surface area contributed by atoms with Gasteiger partial charge in [-0.05, 0) is 53.6 Å². The molecule has 0 fully saturated rings. The third kappa shape index (κ3) is 4.90. The number of benzene rings is 3. The van der Waals surface area contributed by atoms with E-state index in [0.717, 1.165) is 16.7 Å². The van der Waals surface area contributed by atoms with Gasteiger partial charge in [-0.15, -0.1) is 0 Å². The maximum atomic E-state index is 12.2. The smallest absolute Gasteiger partial charge is 0.363 e. The van der Waals surface area contributed by atoms with Gasteiger partial charge in [-0.1, -0.05) is 53.5 Å². The van der Waals surface area contributed by atoms with Crippen LogP contribution in [0.25, 0.3) is 6.08 Å². The zero-order valence-corrected chi connectivity index (χ0v) is 18.0. The lowest BCUT2D eigenvalue weighted by atomic mass is 10.1. The van der Waals surface area contributed by atoms with Crippen LogP contribution in [0.5, 0.6) is 11.5 Å². The Labute approximate surface area is 189 Å². The third-order valence-corrected chi connectivity index (χ3v) is 5.25. The second-order valence-corrected chi connectivity index (χ2v) is 7.46. The second-order valence-electron chi connectivity index (χ2n) is 6.65. The molecule has 0 saturated carbocycles. The van der Waals surface area contributed by atoms with Crippen LogP contribution in [0, 0.1) is 0 Å². The molecule has 4 rings (SSSR count). The van der Waals surface area contributed by atoms with Crippen LogP contribution in [0.4, 0.5) is 0 Å². The second kappa shape index (κ2) is 9.25. The predicted molar refractivity (Wildman–Crippen MR) is 121 cm³/mol. The molecular formula is C24H17Cl2NO4. The van der Waals surface area contributed by atoms with Gasteiger partial charge in [0.1, 0.15) is 6.61 Å². The van der Waals surface area contributed by atoms with Crippen molar-refractivity contribution in [2.24, 2.45) is 4.99 Å². The topological polar surface area (TPSA) is 57.1 Å². The van der Waals surface area contributed by atoms with Gasteiger partial charge >= 0.3 is 5.97 Å². The molecule has 31 heavy (non-hydrogen) atoms. The number of methoxy groups -OCH3 is 1. The number of carbonyl (C=O) groups is 1. The van der Waals surface area contributed by atoms with Crippen molar-refractivity contribution >= 4 is 41.1 Å². The molecule has 0 bridgehead atoms.